The predicted molar refractivity (Wildman–Crippen MR) is 65.3 cm³/mol. The minimum absolute atomic E-state index is 0.451. The summed E-state index contributed by atoms with van der Waals surface area (Å²) in [5, 5.41) is 0.973. The van der Waals surface area contributed by atoms with Gasteiger partial charge in [-0.05, 0) is 23.3 Å². The third-order valence-corrected chi connectivity index (χ3v) is 3.56. The summed E-state index contributed by atoms with van der Waals surface area (Å²) in [6.07, 6.45) is 0. The van der Waals surface area contributed by atoms with Gasteiger partial charge in [0.05, 0.1) is 0 Å². The van der Waals surface area contributed by atoms with Gasteiger partial charge < -0.3 is 0 Å². The molecule has 1 aromatic heterocycles. The lowest BCUT2D eigenvalue weighted by atomic mass is 10.3. The molecule has 0 saturated carbocycles. The van der Waals surface area contributed by atoms with E-state index < -0.39 is 0 Å². The lowest BCUT2D eigenvalue weighted by Gasteiger charge is -2.05. The van der Waals surface area contributed by atoms with Crippen LogP contribution in [0, 0.1) is 5.92 Å². The minimum atomic E-state index is 0.451. The number of halogens is 2. The Kier molecular flexibility index (Phi) is 5.07. The van der Waals surface area contributed by atoms with E-state index in [9.17, 15) is 0 Å². The Labute approximate surface area is 99.2 Å². The van der Waals surface area contributed by atoms with Gasteiger partial charge in [-0.15, -0.1) is 0 Å². The molecule has 1 nitrogen and oxygen atoms in total. The fourth-order valence-electron chi connectivity index (χ4n) is 0.953. The smallest absolute Gasteiger partial charge is 0.134 e. The summed E-state index contributed by atoms with van der Waals surface area (Å²) in [4.78, 5) is 3.99. The zero-order chi connectivity index (χ0) is 10.6. The van der Waals surface area contributed by atoms with Crippen molar-refractivity contribution >= 4 is 35.0 Å². The van der Waals surface area contributed by atoms with Crippen LogP contribution in [0.5, 0.6) is 0 Å². The summed E-state index contributed by atoms with van der Waals surface area (Å²) in [7, 11) is 0. The fraction of sp³-hybridized carbons (Fsp3) is 0.500. The number of hydrogen-bond donors (Lipinski definition) is 0. The highest BCUT2D eigenvalue weighted by Crippen LogP contribution is 2.22. The van der Waals surface area contributed by atoms with E-state index in [0.29, 0.717) is 16.2 Å². The van der Waals surface area contributed by atoms with E-state index >= 15 is 0 Å². The van der Waals surface area contributed by atoms with Gasteiger partial charge in [0, 0.05) is 5.75 Å². The summed E-state index contributed by atoms with van der Waals surface area (Å²) in [6, 6.07) is 3.71. The zero-order valence-electron chi connectivity index (χ0n) is 8.26. The van der Waals surface area contributed by atoms with Crippen LogP contribution in [0.1, 0.15) is 19.4 Å². The molecule has 0 fully saturated rings. The fourth-order valence-corrected chi connectivity index (χ4v) is 2.49. The van der Waals surface area contributed by atoms with E-state index in [1.807, 2.05) is 17.8 Å². The topological polar surface area (TPSA) is 12.9 Å². The first-order valence-corrected chi connectivity index (χ1v) is 6.39. The lowest BCUT2D eigenvalue weighted by molar-refractivity contribution is 0.750. The number of nitrogens with zero attached hydrogens (tertiary/aromatic N) is 1. The van der Waals surface area contributed by atoms with Gasteiger partial charge in [0.25, 0.3) is 0 Å². The van der Waals surface area contributed by atoms with E-state index in [1.54, 1.807) is 6.07 Å². The molecule has 0 spiro atoms. The molecular weight excluding hydrogens is 237 g/mol. The Bertz CT molecular complexity index is 302. The quantitative estimate of drug-likeness (QED) is 0.740. The maximum atomic E-state index is 5.94. The molecule has 0 radical (unpaired) electrons. The molecule has 78 valence electrons. The van der Waals surface area contributed by atoms with Crippen molar-refractivity contribution in [3.63, 3.8) is 0 Å². The molecule has 1 aromatic rings. The predicted octanol–water partition coefficient (Wildman–Crippen LogP) is 4.28. The highest BCUT2D eigenvalue weighted by Gasteiger charge is 2.03. The zero-order valence-corrected chi connectivity index (χ0v) is 10.6. The molecule has 4 heteroatoms. The van der Waals surface area contributed by atoms with Crippen molar-refractivity contribution in [1.29, 1.82) is 0 Å². The summed E-state index contributed by atoms with van der Waals surface area (Å²) in [6.45, 7) is 4.41. The first kappa shape index (κ1) is 12.2. The van der Waals surface area contributed by atoms with E-state index in [1.165, 1.54) is 0 Å². The molecule has 0 aliphatic rings. The van der Waals surface area contributed by atoms with Crippen LogP contribution in [0.3, 0.4) is 0 Å². The Morgan fingerprint density at radius 3 is 2.64 bits per heavy atom. The van der Waals surface area contributed by atoms with Crippen molar-refractivity contribution in [2.45, 2.75) is 19.6 Å². The molecule has 0 aliphatic carbocycles. The molecule has 1 rings (SSSR count). The SMILES string of the molecule is CC(C)CSCc1ccc(Cl)nc1Cl. The Morgan fingerprint density at radius 2 is 2.07 bits per heavy atom. The van der Waals surface area contributed by atoms with E-state index in [-0.39, 0.29) is 0 Å². The van der Waals surface area contributed by atoms with Gasteiger partial charge in [-0.1, -0.05) is 43.1 Å². The van der Waals surface area contributed by atoms with Gasteiger partial charge >= 0.3 is 0 Å². The van der Waals surface area contributed by atoms with Gasteiger partial charge in [0.1, 0.15) is 10.3 Å². The number of aromatic nitrogens is 1. The molecule has 0 aliphatic heterocycles. The normalized spacial score (nSPS) is 10.9. The van der Waals surface area contributed by atoms with E-state index in [2.05, 4.69) is 18.8 Å². The maximum absolute atomic E-state index is 5.94. The monoisotopic (exact) mass is 249 g/mol. The van der Waals surface area contributed by atoms with Gasteiger partial charge in [-0.25, -0.2) is 4.98 Å². The Morgan fingerprint density at radius 1 is 1.36 bits per heavy atom. The van der Waals surface area contributed by atoms with Gasteiger partial charge in [0.2, 0.25) is 0 Å². The molecule has 0 atom stereocenters. The summed E-state index contributed by atoms with van der Waals surface area (Å²) in [5.41, 5.74) is 1.06. The van der Waals surface area contributed by atoms with Crippen LogP contribution >= 0.6 is 35.0 Å². The molecule has 14 heavy (non-hydrogen) atoms. The maximum Gasteiger partial charge on any atom is 0.134 e. The van der Waals surface area contributed by atoms with Crippen molar-refractivity contribution in [3.05, 3.63) is 28.0 Å². The number of rotatable bonds is 4. The largest absolute Gasteiger partial charge is 0.224 e. The molecule has 0 aromatic carbocycles. The van der Waals surface area contributed by atoms with E-state index in [0.717, 1.165) is 17.1 Å². The van der Waals surface area contributed by atoms with E-state index in [4.69, 9.17) is 23.2 Å². The van der Waals surface area contributed by atoms with Crippen LogP contribution in [0.4, 0.5) is 0 Å². The molecule has 0 saturated heterocycles. The Hall–Kier alpha value is 0.0800. The average Bonchev–Trinajstić information content (AvgIpc) is 2.08. The highest BCUT2D eigenvalue weighted by atomic mass is 35.5. The Balaban J connectivity index is 2.51. The van der Waals surface area contributed by atoms with Crippen molar-refractivity contribution in [3.8, 4) is 0 Å². The van der Waals surface area contributed by atoms with Gasteiger partial charge in [-0.3, -0.25) is 0 Å². The van der Waals surface area contributed by atoms with Crippen LogP contribution in [0.2, 0.25) is 10.3 Å². The lowest BCUT2D eigenvalue weighted by Crippen LogP contribution is -1.93. The van der Waals surface area contributed by atoms with Crippen molar-refractivity contribution in [2.75, 3.05) is 5.75 Å². The van der Waals surface area contributed by atoms with Crippen molar-refractivity contribution in [1.82, 2.24) is 4.98 Å². The molecule has 0 unspecified atom stereocenters. The second-order valence-electron chi connectivity index (χ2n) is 3.49. The summed E-state index contributed by atoms with van der Waals surface area (Å²) >= 11 is 13.5. The van der Waals surface area contributed by atoms with Crippen LogP contribution in [0.25, 0.3) is 0 Å². The second-order valence-corrected chi connectivity index (χ2v) is 5.27. The summed E-state index contributed by atoms with van der Waals surface area (Å²) in [5.74, 6) is 2.75. The molecule has 0 N–H and O–H groups in total. The van der Waals surface area contributed by atoms with Crippen LogP contribution in [0.15, 0.2) is 12.1 Å². The minimum Gasteiger partial charge on any atom is -0.224 e. The van der Waals surface area contributed by atoms with Crippen molar-refractivity contribution < 1.29 is 0 Å². The first-order valence-electron chi connectivity index (χ1n) is 4.48. The molecule has 0 bridgehead atoms. The highest BCUT2D eigenvalue weighted by molar-refractivity contribution is 7.98. The number of thioether (sulfide) groups is 1. The van der Waals surface area contributed by atoms with Crippen LogP contribution in [-0.2, 0) is 5.75 Å². The van der Waals surface area contributed by atoms with Crippen LogP contribution in [-0.4, -0.2) is 10.7 Å². The third kappa shape index (κ3) is 4.07. The van der Waals surface area contributed by atoms with Crippen molar-refractivity contribution in [2.24, 2.45) is 5.92 Å². The number of hydrogen-bond acceptors (Lipinski definition) is 2. The van der Waals surface area contributed by atoms with Crippen LogP contribution < -0.4 is 0 Å². The second kappa shape index (κ2) is 5.84. The number of pyridine rings is 1. The summed E-state index contributed by atoms with van der Waals surface area (Å²) < 4.78 is 0. The third-order valence-electron chi connectivity index (χ3n) is 1.60. The molecule has 1 heterocycles. The van der Waals surface area contributed by atoms with Gasteiger partial charge in [-0.2, -0.15) is 11.8 Å². The first-order chi connectivity index (χ1) is 6.59. The molecule has 0 amide bonds. The average molecular weight is 250 g/mol. The standard InChI is InChI=1S/C10H13Cl2NS/c1-7(2)5-14-6-8-3-4-9(11)13-10(8)12/h3-4,7H,5-6H2,1-2H3. The molecular formula is C10H13Cl2NS. The van der Waals surface area contributed by atoms with Gasteiger partial charge in [0.15, 0.2) is 0 Å².